The summed E-state index contributed by atoms with van der Waals surface area (Å²) in [6.07, 6.45) is 15.6. The molecular formula is C45H69NO11. The molecule has 0 heterocycles. The van der Waals surface area contributed by atoms with Gasteiger partial charge in [0.15, 0.2) is 0 Å². The molecular weight excluding hydrogens is 730 g/mol. The first-order valence-corrected chi connectivity index (χ1v) is 21.3. The minimum Gasteiger partial charge on any atom is -0.465 e. The molecule has 2 unspecified atom stereocenters. The summed E-state index contributed by atoms with van der Waals surface area (Å²) in [5, 5.41) is 9.37. The Bertz CT molecular complexity index is 1340. The van der Waals surface area contributed by atoms with Gasteiger partial charge in [-0.15, -0.1) is 0 Å². The number of esters is 5. The lowest BCUT2D eigenvalue weighted by Crippen LogP contribution is -2.42. The highest BCUT2D eigenvalue weighted by atomic mass is 16.6. The van der Waals surface area contributed by atoms with E-state index in [4.69, 9.17) is 23.7 Å². The fourth-order valence-corrected chi connectivity index (χ4v) is 5.97. The third-order valence-corrected chi connectivity index (χ3v) is 9.61. The number of unbranched alkanes of at least 4 members (excludes halogenated alkanes) is 8. The molecule has 12 nitrogen and oxygen atoms in total. The first-order valence-electron chi connectivity index (χ1n) is 21.3. The molecule has 320 valence electrons. The molecule has 0 aromatic rings. The highest BCUT2D eigenvalue weighted by molar-refractivity contribution is 5.89. The molecule has 0 aromatic heterocycles. The third-order valence-electron chi connectivity index (χ3n) is 9.61. The van der Waals surface area contributed by atoms with E-state index in [1.54, 1.807) is 6.92 Å². The fraction of sp³-hybridized carbons (Fsp3) is 0.756. The summed E-state index contributed by atoms with van der Waals surface area (Å²) >= 11 is 0. The molecule has 0 saturated heterocycles. The second-order valence-electron chi connectivity index (χ2n) is 14.6. The van der Waals surface area contributed by atoms with E-state index in [0.717, 1.165) is 70.8 Å². The van der Waals surface area contributed by atoms with E-state index >= 15 is 0 Å². The summed E-state index contributed by atoms with van der Waals surface area (Å²) in [6, 6.07) is 0.552. The smallest absolute Gasteiger partial charge is 0.385 e. The molecule has 1 fully saturated rings. The van der Waals surface area contributed by atoms with Crippen LogP contribution in [0.1, 0.15) is 149 Å². The standard InChI is InChI=1S/C45H69NO11/c1-4-7-10-12-16-26-42(49)54-34-38(33-53-41(48)25-15-9-6-3)22-20-29-45(52)57-37-39(35-55-43(50)27-17-13-11-8-5-2)36-56-44(51)28-18-14-19-30-46(31-32-47)40-23-21-24-40/h38-40,47H,4,6-7,9-10,12,14-16,18-26,28-37H2,1-3H3. The van der Waals surface area contributed by atoms with Gasteiger partial charge >= 0.3 is 29.8 Å². The van der Waals surface area contributed by atoms with Gasteiger partial charge in [-0.2, -0.15) is 0 Å². The van der Waals surface area contributed by atoms with Crippen molar-refractivity contribution in [3.8, 4) is 35.5 Å². The van der Waals surface area contributed by atoms with Crippen molar-refractivity contribution in [2.75, 3.05) is 52.7 Å². The Labute approximate surface area is 342 Å². The van der Waals surface area contributed by atoms with Gasteiger partial charge in [0, 0.05) is 50.1 Å². The molecule has 0 aromatic carbocycles. The molecule has 2 atom stereocenters. The van der Waals surface area contributed by atoms with Crippen LogP contribution < -0.4 is 0 Å². The molecule has 1 N–H and O–H groups in total. The predicted octanol–water partition coefficient (Wildman–Crippen LogP) is 6.48. The van der Waals surface area contributed by atoms with Crippen LogP contribution in [0.15, 0.2) is 0 Å². The highest BCUT2D eigenvalue weighted by Gasteiger charge is 2.24. The van der Waals surface area contributed by atoms with Gasteiger partial charge in [-0.1, -0.05) is 71.1 Å². The second-order valence-corrected chi connectivity index (χ2v) is 14.6. The Morgan fingerprint density at radius 2 is 1.05 bits per heavy atom. The molecule has 0 spiro atoms. The Kier molecular flexibility index (Phi) is 31.4. The number of hydrogen-bond acceptors (Lipinski definition) is 12. The summed E-state index contributed by atoms with van der Waals surface area (Å²) in [5.41, 5.74) is 0. The molecule has 0 radical (unpaired) electrons. The largest absolute Gasteiger partial charge is 0.465 e. The number of rotatable bonds is 33. The van der Waals surface area contributed by atoms with Gasteiger partial charge in [0.2, 0.25) is 0 Å². The Morgan fingerprint density at radius 1 is 0.579 bits per heavy atom. The van der Waals surface area contributed by atoms with E-state index in [9.17, 15) is 29.1 Å². The minimum atomic E-state index is -0.831. The molecule has 57 heavy (non-hydrogen) atoms. The summed E-state index contributed by atoms with van der Waals surface area (Å²) in [5.74, 6) is 11.4. The maximum absolute atomic E-state index is 12.8. The van der Waals surface area contributed by atoms with Crippen LogP contribution in [0.5, 0.6) is 0 Å². The summed E-state index contributed by atoms with van der Waals surface area (Å²) < 4.78 is 27.2. The van der Waals surface area contributed by atoms with E-state index in [1.165, 1.54) is 19.3 Å². The second kappa shape index (κ2) is 35.1. The van der Waals surface area contributed by atoms with E-state index < -0.39 is 23.8 Å². The number of ether oxygens (including phenoxy) is 5. The van der Waals surface area contributed by atoms with Crippen molar-refractivity contribution < 1.29 is 52.8 Å². The normalized spacial score (nSPS) is 12.9. The van der Waals surface area contributed by atoms with E-state index in [0.29, 0.717) is 44.7 Å². The minimum absolute atomic E-state index is 0.0555. The van der Waals surface area contributed by atoms with Crippen LogP contribution in [0.3, 0.4) is 0 Å². The van der Waals surface area contributed by atoms with Crippen LogP contribution in [0.2, 0.25) is 0 Å². The molecule has 1 rings (SSSR count). The zero-order chi connectivity index (χ0) is 41.8. The van der Waals surface area contributed by atoms with Gasteiger partial charge < -0.3 is 28.8 Å². The number of aliphatic hydroxyl groups excluding tert-OH is 1. The predicted molar refractivity (Wildman–Crippen MR) is 217 cm³/mol. The highest BCUT2D eigenvalue weighted by Crippen LogP contribution is 2.25. The average molecular weight is 800 g/mol. The number of carbonyl (C=O) groups is 5. The maximum atomic E-state index is 12.8. The van der Waals surface area contributed by atoms with Gasteiger partial charge in [-0.05, 0) is 88.5 Å². The van der Waals surface area contributed by atoms with Gasteiger partial charge in [0.1, 0.15) is 19.8 Å². The Morgan fingerprint density at radius 3 is 1.58 bits per heavy atom. The summed E-state index contributed by atoms with van der Waals surface area (Å²) in [6.45, 7) is 7.22. The molecule has 1 saturated carbocycles. The van der Waals surface area contributed by atoms with Crippen LogP contribution in [0, 0.1) is 47.4 Å². The number of aliphatic hydroxyl groups is 1. The van der Waals surface area contributed by atoms with Crippen molar-refractivity contribution in [3.63, 3.8) is 0 Å². The third kappa shape index (κ3) is 28.9. The van der Waals surface area contributed by atoms with Gasteiger partial charge in [0.25, 0.3) is 0 Å². The molecule has 12 heteroatoms. The molecule has 0 aliphatic heterocycles. The van der Waals surface area contributed by atoms with E-state index in [1.807, 2.05) is 0 Å². The van der Waals surface area contributed by atoms with Crippen molar-refractivity contribution >= 4 is 29.8 Å². The number of carbonyl (C=O) groups excluding carboxylic acids is 5. The lowest BCUT2D eigenvalue weighted by atomic mass is 9.91. The molecule has 1 aliphatic carbocycles. The lowest BCUT2D eigenvalue weighted by Gasteiger charge is -2.37. The van der Waals surface area contributed by atoms with Crippen molar-refractivity contribution in [2.45, 2.75) is 155 Å². The SMILES string of the molecule is CC#CC#CC#CC(=O)OCC(COC(=O)CCCCCN(CCO)C1CCC1)COC(=O)CCCC(COC(=O)CCCCC)COC(=O)CCCCCCC. The van der Waals surface area contributed by atoms with Gasteiger partial charge in [0.05, 0.1) is 25.7 Å². The van der Waals surface area contributed by atoms with Crippen molar-refractivity contribution in [2.24, 2.45) is 11.8 Å². The Balaban J connectivity index is 2.65. The summed E-state index contributed by atoms with van der Waals surface area (Å²) in [4.78, 5) is 64.5. The number of nitrogens with zero attached hydrogens (tertiary/aromatic N) is 1. The van der Waals surface area contributed by atoms with Crippen molar-refractivity contribution in [3.05, 3.63) is 0 Å². The van der Waals surface area contributed by atoms with Crippen LogP contribution in [0.4, 0.5) is 0 Å². The number of hydrogen-bond donors (Lipinski definition) is 1. The van der Waals surface area contributed by atoms with Crippen molar-refractivity contribution in [1.82, 2.24) is 4.90 Å². The van der Waals surface area contributed by atoms with E-state index in [2.05, 4.69) is 54.3 Å². The molecule has 1 aliphatic rings. The van der Waals surface area contributed by atoms with Crippen LogP contribution in [0.25, 0.3) is 0 Å². The van der Waals surface area contributed by atoms with Crippen molar-refractivity contribution in [1.29, 1.82) is 0 Å². The molecule has 0 amide bonds. The summed E-state index contributed by atoms with van der Waals surface area (Å²) in [7, 11) is 0. The fourth-order valence-electron chi connectivity index (χ4n) is 5.97. The van der Waals surface area contributed by atoms with Crippen LogP contribution in [-0.2, 0) is 47.7 Å². The van der Waals surface area contributed by atoms with Gasteiger partial charge in [-0.3, -0.25) is 24.1 Å². The Hall–Kier alpha value is -4.05. The maximum Gasteiger partial charge on any atom is 0.385 e. The first kappa shape index (κ1) is 51.0. The van der Waals surface area contributed by atoms with E-state index in [-0.39, 0.29) is 70.3 Å². The zero-order valence-electron chi connectivity index (χ0n) is 35.0. The topological polar surface area (TPSA) is 155 Å². The zero-order valence-corrected chi connectivity index (χ0v) is 35.0. The van der Waals surface area contributed by atoms with Crippen LogP contribution >= 0.6 is 0 Å². The van der Waals surface area contributed by atoms with Crippen LogP contribution in [-0.4, -0.2) is 98.6 Å². The van der Waals surface area contributed by atoms with Gasteiger partial charge in [-0.25, -0.2) is 4.79 Å². The monoisotopic (exact) mass is 799 g/mol. The average Bonchev–Trinajstić information content (AvgIpc) is 3.17. The molecule has 0 bridgehead atoms. The quantitative estimate of drug-likeness (QED) is 0.0254. The first-order chi connectivity index (χ1) is 27.7. The lowest BCUT2D eigenvalue weighted by molar-refractivity contribution is -0.153.